The minimum absolute atomic E-state index is 0.0498. The van der Waals surface area contributed by atoms with Gasteiger partial charge in [-0.1, -0.05) is 19.1 Å². The van der Waals surface area contributed by atoms with Crippen LogP contribution in [0, 0.1) is 5.92 Å². The summed E-state index contributed by atoms with van der Waals surface area (Å²) in [6, 6.07) is 4.37. The number of hydrogen-bond donors (Lipinski definition) is 4. The summed E-state index contributed by atoms with van der Waals surface area (Å²) >= 11 is 0. The van der Waals surface area contributed by atoms with E-state index in [9.17, 15) is 39.2 Å². The molecule has 0 spiro atoms. The van der Waals surface area contributed by atoms with E-state index in [0.717, 1.165) is 0 Å². The Morgan fingerprint density at radius 2 is 1.82 bits per heavy atom. The van der Waals surface area contributed by atoms with Crippen molar-refractivity contribution in [1.82, 2.24) is 0 Å². The van der Waals surface area contributed by atoms with Gasteiger partial charge in [0, 0.05) is 36.0 Å². The van der Waals surface area contributed by atoms with E-state index in [0.29, 0.717) is 0 Å². The summed E-state index contributed by atoms with van der Waals surface area (Å²) in [6.07, 6.45) is -5.33. The standard InChI is InChI=1S/C28H29FO10/c1-11-7-18(38-12(2)23(11)29)39-16-9-28(36,17(31)10-30)8-14-20(16)27(35)22-21(25(14)33)24(32)13-5-4-6-15(37-3)19(13)26(22)34/h4-6,11-12,16,18,23,30,33,35-36H,7-10H2,1-3H3/t11?,12?,16?,18?,23?,28-/m0/s1. The highest BCUT2D eigenvalue weighted by molar-refractivity contribution is 6.31. The molecule has 10 nitrogen and oxygen atoms in total. The quantitative estimate of drug-likeness (QED) is 0.351. The molecule has 1 heterocycles. The van der Waals surface area contributed by atoms with Gasteiger partial charge < -0.3 is 34.6 Å². The molecule has 2 aliphatic carbocycles. The number of rotatable bonds is 5. The van der Waals surface area contributed by atoms with Crippen LogP contribution in [-0.4, -0.2) is 75.7 Å². The molecule has 11 heteroatoms. The molecule has 5 rings (SSSR count). The van der Waals surface area contributed by atoms with Crippen LogP contribution in [0.25, 0.3) is 0 Å². The highest BCUT2D eigenvalue weighted by atomic mass is 19.1. The van der Waals surface area contributed by atoms with Gasteiger partial charge in [-0.3, -0.25) is 14.4 Å². The van der Waals surface area contributed by atoms with Crippen molar-refractivity contribution in [3.05, 3.63) is 51.6 Å². The average molecular weight is 545 g/mol. The summed E-state index contributed by atoms with van der Waals surface area (Å²) in [5.74, 6) is -4.20. The van der Waals surface area contributed by atoms with Crippen LogP contribution in [0.2, 0.25) is 0 Å². The number of methoxy groups -OCH3 is 1. The lowest BCUT2D eigenvalue weighted by Gasteiger charge is -2.42. The third-order valence-corrected chi connectivity index (χ3v) is 7.98. The Morgan fingerprint density at radius 1 is 1.13 bits per heavy atom. The number of aromatic hydroxyl groups is 2. The fourth-order valence-corrected chi connectivity index (χ4v) is 5.93. The number of hydrogen-bond acceptors (Lipinski definition) is 10. The van der Waals surface area contributed by atoms with Gasteiger partial charge in [-0.2, -0.15) is 0 Å². The number of halogens is 1. The second kappa shape index (κ2) is 9.67. The number of Topliss-reactive ketones (excluding diaryl/α,β-unsaturated/α-hetero) is 1. The van der Waals surface area contributed by atoms with Crippen molar-refractivity contribution >= 4 is 17.3 Å². The monoisotopic (exact) mass is 544 g/mol. The highest BCUT2D eigenvalue weighted by Gasteiger charge is 2.50. The molecule has 39 heavy (non-hydrogen) atoms. The van der Waals surface area contributed by atoms with E-state index >= 15 is 0 Å². The Morgan fingerprint density at radius 3 is 2.46 bits per heavy atom. The number of phenols is 2. The molecule has 0 saturated carbocycles. The van der Waals surface area contributed by atoms with Crippen LogP contribution in [0.15, 0.2) is 18.2 Å². The number of ether oxygens (including phenoxy) is 3. The summed E-state index contributed by atoms with van der Waals surface area (Å²) < 4.78 is 31.3. The van der Waals surface area contributed by atoms with Gasteiger partial charge in [-0.25, -0.2) is 4.39 Å². The molecular weight excluding hydrogens is 515 g/mol. The zero-order chi connectivity index (χ0) is 28.4. The van der Waals surface area contributed by atoms with Crippen LogP contribution in [0.5, 0.6) is 17.2 Å². The van der Waals surface area contributed by atoms with Gasteiger partial charge in [0.2, 0.25) is 5.78 Å². The molecule has 5 unspecified atom stereocenters. The van der Waals surface area contributed by atoms with Crippen LogP contribution >= 0.6 is 0 Å². The van der Waals surface area contributed by atoms with E-state index in [1.165, 1.54) is 32.2 Å². The topological polar surface area (TPSA) is 160 Å². The molecule has 0 radical (unpaired) electrons. The zero-order valence-corrected chi connectivity index (χ0v) is 21.6. The van der Waals surface area contributed by atoms with Crippen molar-refractivity contribution in [1.29, 1.82) is 0 Å². The predicted octanol–water partition coefficient (Wildman–Crippen LogP) is 2.29. The number of carbonyl (C=O) groups is 3. The first-order chi connectivity index (χ1) is 18.4. The first-order valence-corrected chi connectivity index (χ1v) is 12.6. The average Bonchev–Trinajstić information content (AvgIpc) is 2.90. The first kappa shape index (κ1) is 27.2. The van der Waals surface area contributed by atoms with Gasteiger partial charge in [0.1, 0.15) is 35.6 Å². The molecule has 1 aliphatic heterocycles. The lowest BCUT2D eigenvalue weighted by atomic mass is 9.72. The van der Waals surface area contributed by atoms with Crippen molar-refractivity contribution < 1.29 is 53.4 Å². The number of fused-ring (bicyclic) bond motifs is 3. The molecule has 4 N–H and O–H groups in total. The number of aliphatic hydroxyl groups excluding tert-OH is 1. The maximum Gasteiger partial charge on any atom is 0.202 e. The Kier molecular flexibility index (Phi) is 6.74. The summed E-state index contributed by atoms with van der Waals surface area (Å²) in [6.45, 7) is 2.19. The molecule has 1 saturated heterocycles. The van der Waals surface area contributed by atoms with E-state index in [1.807, 2.05) is 0 Å². The predicted molar refractivity (Wildman–Crippen MR) is 132 cm³/mol. The maximum absolute atomic E-state index is 14.4. The van der Waals surface area contributed by atoms with Crippen molar-refractivity contribution in [2.45, 2.75) is 63.4 Å². The molecule has 1 fully saturated rings. The van der Waals surface area contributed by atoms with E-state index in [-0.39, 0.29) is 34.4 Å². The first-order valence-electron chi connectivity index (χ1n) is 12.6. The van der Waals surface area contributed by atoms with Gasteiger partial charge in [-0.15, -0.1) is 0 Å². The molecule has 2 aromatic rings. The molecule has 0 amide bonds. The van der Waals surface area contributed by atoms with Crippen molar-refractivity contribution in [2.24, 2.45) is 5.92 Å². The minimum atomic E-state index is -2.23. The smallest absolute Gasteiger partial charge is 0.202 e. The van der Waals surface area contributed by atoms with Crippen LogP contribution < -0.4 is 4.74 Å². The van der Waals surface area contributed by atoms with Gasteiger partial charge in [-0.05, 0) is 18.9 Å². The van der Waals surface area contributed by atoms with Gasteiger partial charge in [0.15, 0.2) is 17.9 Å². The Bertz CT molecular complexity index is 1380. The van der Waals surface area contributed by atoms with Gasteiger partial charge in [0.25, 0.3) is 0 Å². The number of aliphatic hydroxyl groups is 2. The van der Waals surface area contributed by atoms with Crippen molar-refractivity contribution in [2.75, 3.05) is 13.7 Å². The number of benzene rings is 2. The summed E-state index contributed by atoms with van der Waals surface area (Å²) in [5, 5.41) is 43.6. The van der Waals surface area contributed by atoms with Crippen LogP contribution in [0.3, 0.4) is 0 Å². The van der Waals surface area contributed by atoms with Crippen LogP contribution in [-0.2, 0) is 20.7 Å². The van der Waals surface area contributed by atoms with Crippen molar-refractivity contribution in [3.63, 3.8) is 0 Å². The Balaban J connectivity index is 1.69. The molecule has 2 aromatic carbocycles. The van der Waals surface area contributed by atoms with Gasteiger partial charge in [0.05, 0.1) is 36.0 Å². The molecular formula is C28H29FO10. The lowest BCUT2D eigenvalue weighted by Crippen LogP contribution is -2.48. The van der Waals surface area contributed by atoms with E-state index in [1.54, 1.807) is 6.92 Å². The highest BCUT2D eigenvalue weighted by Crippen LogP contribution is 2.52. The molecule has 3 aliphatic rings. The van der Waals surface area contributed by atoms with E-state index in [4.69, 9.17) is 14.2 Å². The molecule has 0 bridgehead atoms. The zero-order valence-electron chi connectivity index (χ0n) is 21.6. The Labute approximate surface area is 222 Å². The second-order valence-electron chi connectivity index (χ2n) is 10.4. The summed E-state index contributed by atoms with van der Waals surface area (Å²) in [4.78, 5) is 39.7. The molecule has 208 valence electrons. The van der Waals surface area contributed by atoms with Gasteiger partial charge >= 0.3 is 0 Å². The summed E-state index contributed by atoms with van der Waals surface area (Å²) in [7, 11) is 1.32. The third kappa shape index (κ3) is 4.11. The fraction of sp³-hybridized carbons (Fsp3) is 0.464. The van der Waals surface area contributed by atoms with Crippen LogP contribution in [0.1, 0.15) is 75.8 Å². The number of carbonyl (C=O) groups excluding carboxylic acids is 3. The molecule has 0 aromatic heterocycles. The fourth-order valence-electron chi connectivity index (χ4n) is 5.93. The second-order valence-corrected chi connectivity index (χ2v) is 10.4. The largest absolute Gasteiger partial charge is 0.507 e. The van der Waals surface area contributed by atoms with Crippen LogP contribution in [0.4, 0.5) is 4.39 Å². The maximum atomic E-state index is 14.4. The minimum Gasteiger partial charge on any atom is -0.507 e. The number of phenolic OH excluding ortho intramolecular Hbond substituents is 2. The SMILES string of the molecule is COc1cccc2c1C(=O)c1c(O)c3c(c(O)c1C2=O)C[C@@](O)(C(=O)CO)CC3OC1CC(C)C(F)C(C)O1. The van der Waals surface area contributed by atoms with E-state index < -0.39 is 95.6 Å². The molecule has 6 atom stereocenters. The van der Waals surface area contributed by atoms with E-state index in [2.05, 4.69) is 0 Å². The number of alkyl halides is 1. The normalized spacial score (nSPS) is 29.8. The lowest BCUT2D eigenvalue weighted by molar-refractivity contribution is -0.246. The number of ketones is 3. The Hall–Kier alpha value is -3.38. The van der Waals surface area contributed by atoms with Crippen molar-refractivity contribution in [3.8, 4) is 17.2 Å². The third-order valence-electron chi connectivity index (χ3n) is 7.98. The summed E-state index contributed by atoms with van der Waals surface area (Å²) in [5.41, 5.74) is -3.59.